The third-order valence-corrected chi connectivity index (χ3v) is 5.78. The minimum absolute atomic E-state index is 0.0299. The van der Waals surface area contributed by atoms with Crippen LogP contribution >= 0.6 is 0 Å². The number of hydrogen-bond acceptors (Lipinski definition) is 4. The highest BCUT2D eigenvalue weighted by Gasteiger charge is 2.37. The van der Waals surface area contributed by atoms with Gasteiger partial charge in [0.1, 0.15) is 6.61 Å². The van der Waals surface area contributed by atoms with Crippen molar-refractivity contribution in [3.8, 4) is 11.1 Å². The summed E-state index contributed by atoms with van der Waals surface area (Å²) in [4.78, 5) is 12.7. The van der Waals surface area contributed by atoms with Crippen LogP contribution in [-0.4, -0.2) is 37.2 Å². The van der Waals surface area contributed by atoms with Crippen LogP contribution in [0.25, 0.3) is 11.1 Å². The summed E-state index contributed by atoms with van der Waals surface area (Å²) >= 11 is 0. The highest BCUT2D eigenvalue weighted by atomic mass is 16.7. The van der Waals surface area contributed by atoms with Crippen LogP contribution in [0.15, 0.2) is 73.3 Å². The van der Waals surface area contributed by atoms with E-state index in [1.807, 2.05) is 50.3 Å². The Kier molecular flexibility index (Phi) is 6.25. The van der Waals surface area contributed by atoms with E-state index in [2.05, 4.69) is 36.2 Å². The summed E-state index contributed by atoms with van der Waals surface area (Å²) in [7, 11) is 0. The van der Waals surface area contributed by atoms with E-state index in [4.69, 9.17) is 14.2 Å². The predicted molar refractivity (Wildman–Crippen MR) is 121 cm³/mol. The first-order valence-electron chi connectivity index (χ1n) is 10.7. The van der Waals surface area contributed by atoms with E-state index in [-0.39, 0.29) is 24.7 Å². The van der Waals surface area contributed by atoms with Crippen molar-refractivity contribution in [2.75, 3.05) is 13.2 Å². The molecule has 2 atom stereocenters. The van der Waals surface area contributed by atoms with Gasteiger partial charge in [0, 0.05) is 5.92 Å². The van der Waals surface area contributed by atoms with E-state index in [0.717, 1.165) is 0 Å². The molecule has 4 rings (SSSR count). The average Bonchev–Trinajstić information content (AvgIpc) is 3.08. The molecule has 31 heavy (non-hydrogen) atoms. The van der Waals surface area contributed by atoms with Crippen LogP contribution in [0.2, 0.25) is 0 Å². The van der Waals surface area contributed by atoms with Gasteiger partial charge < -0.3 is 19.5 Å². The van der Waals surface area contributed by atoms with Crippen LogP contribution in [0.1, 0.15) is 37.3 Å². The summed E-state index contributed by atoms with van der Waals surface area (Å²) in [6.07, 6.45) is 5.55. The molecular weight excluding hydrogens is 390 g/mol. The Morgan fingerprint density at radius 2 is 1.81 bits per heavy atom. The second-order valence-electron chi connectivity index (χ2n) is 8.34. The fourth-order valence-electron chi connectivity index (χ4n) is 4.33. The second-order valence-corrected chi connectivity index (χ2v) is 8.34. The Bertz CT molecular complexity index is 935. The fourth-order valence-corrected chi connectivity index (χ4v) is 4.33. The van der Waals surface area contributed by atoms with Gasteiger partial charge in [-0.15, -0.1) is 0 Å². The number of ether oxygens (including phenoxy) is 3. The molecule has 5 heteroatoms. The molecule has 1 saturated heterocycles. The maximum Gasteiger partial charge on any atom is 0.407 e. The highest BCUT2D eigenvalue weighted by Crippen LogP contribution is 2.44. The van der Waals surface area contributed by atoms with Gasteiger partial charge in [0.05, 0.1) is 18.8 Å². The normalized spacial score (nSPS) is 22.0. The largest absolute Gasteiger partial charge is 0.449 e. The first-order chi connectivity index (χ1) is 15.0. The molecule has 2 aromatic carbocycles. The number of allylic oxidation sites excluding steroid dienone is 2. The first kappa shape index (κ1) is 21.3. The molecule has 0 bridgehead atoms. The molecule has 0 spiro atoms. The van der Waals surface area contributed by atoms with Gasteiger partial charge in [0.25, 0.3) is 0 Å². The van der Waals surface area contributed by atoms with Crippen molar-refractivity contribution in [3.63, 3.8) is 0 Å². The van der Waals surface area contributed by atoms with Gasteiger partial charge in [-0.25, -0.2) is 4.79 Å². The van der Waals surface area contributed by atoms with Gasteiger partial charge >= 0.3 is 6.09 Å². The molecule has 2 aromatic rings. The van der Waals surface area contributed by atoms with E-state index in [1.54, 1.807) is 6.08 Å². The van der Waals surface area contributed by atoms with Gasteiger partial charge in [0.2, 0.25) is 0 Å². The topological polar surface area (TPSA) is 56.8 Å². The molecule has 1 aliphatic heterocycles. The third-order valence-electron chi connectivity index (χ3n) is 5.78. The minimum atomic E-state index is -0.688. The lowest BCUT2D eigenvalue weighted by Crippen LogP contribution is -2.56. The number of benzene rings is 2. The summed E-state index contributed by atoms with van der Waals surface area (Å²) < 4.78 is 17.4. The monoisotopic (exact) mass is 419 g/mol. The molecule has 0 radical (unpaired) electrons. The molecule has 1 N–H and O–H groups in total. The molecule has 162 valence electrons. The number of rotatable bonds is 6. The molecule has 1 amide bonds. The van der Waals surface area contributed by atoms with Crippen LogP contribution in [0.3, 0.4) is 0 Å². The quantitative estimate of drug-likeness (QED) is 0.656. The van der Waals surface area contributed by atoms with Crippen LogP contribution in [0, 0.1) is 0 Å². The summed E-state index contributed by atoms with van der Waals surface area (Å²) in [5.41, 5.74) is 4.79. The van der Waals surface area contributed by atoms with E-state index >= 15 is 0 Å². The number of amides is 1. The lowest BCUT2D eigenvalue weighted by Gasteiger charge is -2.40. The van der Waals surface area contributed by atoms with Gasteiger partial charge in [-0.05, 0) is 42.5 Å². The standard InChI is InChI=1S/C26H29NO4/c1-4-5-6-15-24-23(17-30-26(2,3)31-24)27-25(28)29-16-22-20-13-9-7-11-18(20)19-12-8-10-14-21(19)22/h4-14,22-24H,1,15-17H2,2-3H3,(H,27,28)/b6-5+/t23-,24+/m0/s1. The Balaban J connectivity index is 1.41. The number of alkyl carbamates (subject to hydrolysis) is 1. The number of carbonyl (C=O) groups is 1. The lowest BCUT2D eigenvalue weighted by atomic mass is 9.98. The summed E-state index contributed by atoms with van der Waals surface area (Å²) in [5, 5.41) is 2.93. The third kappa shape index (κ3) is 4.73. The Labute approximate surface area is 183 Å². The van der Waals surface area contributed by atoms with Crippen molar-refractivity contribution >= 4 is 6.09 Å². The fraction of sp³-hybridized carbons (Fsp3) is 0.346. The van der Waals surface area contributed by atoms with Crippen molar-refractivity contribution in [1.29, 1.82) is 0 Å². The molecule has 1 fully saturated rings. The summed E-state index contributed by atoms with van der Waals surface area (Å²) in [5.74, 6) is -0.659. The summed E-state index contributed by atoms with van der Waals surface area (Å²) in [6, 6.07) is 16.3. The molecule has 1 heterocycles. The molecule has 0 unspecified atom stereocenters. The van der Waals surface area contributed by atoms with E-state index < -0.39 is 11.9 Å². The maximum absolute atomic E-state index is 12.7. The van der Waals surface area contributed by atoms with Gasteiger partial charge in [0.15, 0.2) is 5.79 Å². The zero-order valence-corrected chi connectivity index (χ0v) is 18.0. The smallest absolute Gasteiger partial charge is 0.407 e. The number of nitrogens with one attached hydrogen (secondary N) is 1. The van der Waals surface area contributed by atoms with Crippen molar-refractivity contribution < 1.29 is 19.0 Å². The van der Waals surface area contributed by atoms with Crippen LogP contribution in [-0.2, 0) is 14.2 Å². The van der Waals surface area contributed by atoms with Crippen LogP contribution in [0.4, 0.5) is 4.79 Å². The second kappa shape index (κ2) is 9.08. The zero-order chi connectivity index (χ0) is 21.8. The lowest BCUT2D eigenvalue weighted by molar-refractivity contribution is -0.280. The molecule has 1 aliphatic carbocycles. The zero-order valence-electron chi connectivity index (χ0n) is 18.0. The van der Waals surface area contributed by atoms with Crippen LogP contribution < -0.4 is 5.32 Å². The van der Waals surface area contributed by atoms with Gasteiger partial charge in [-0.2, -0.15) is 0 Å². The maximum atomic E-state index is 12.7. The van der Waals surface area contributed by atoms with Gasteiger partial charge in [-0.3, -0.25) is 0 Å². The SMILES string of the molecule is C=C/C=C/C[C@H]1OC(C)(C)OC[C@@H]1NC(=O)OCC1c2ccccc2-c2ccccc21. The minimum Gasteiger partial charge on any atom is -0.449 e. The molecule has 2 aliphatic rings. The highest BCUT2D eigenvalue weighted by molar-refractivity contribution is 5.79. The Morgan fingerprint density at radius 1 is 1.16 bits per heavy atom. The Hall–Kier alpha value is -2.89. The molecule has 0 saturated carbocycles. The van der Waals surface area contributed by atoms with E-state index in [9.17, 15) is 4.79 Å². The summed E-state index contributed by atoms with van der Waals surface area (Å²) in [6.45, 7) is 8.09. The van der Waals surface area contributed by atoms with E-state index in [1.165, 1.54) is 22.3 Å². The number of carbonyl (C=O) groups excluding carboxylic acids is 1. The van der Waals surface area contributed by atoms with Gasteiger partial charge in [-0.1, -0.05) is 73.3 Å². The first-order valence-corrected chi connectivity index (χ1v) is 10.7. The molecule has 5 nitrogen and oxygen atoms in total. The average molecular weight is 420 g/mol. The van der Waals surface area contributed by atoms with Crippen molar-refractivity contribution in [1.82, 2.24) is 5.32 Å². The number of hydrogen-bond donors (Lipinski definition) is 1. The van der Waals surface area contributed by atoms with Crippen molar-refractivity contribution in [2.24, 2.45) is 0 Å². The molecular formula is C26H29NO4. The van der Waals surface area contributed by atoms with E-state index in [0.29, 0.717) is 13.0 Å². The van der Waals surface area contributed by atoms with Crippen molar-refractivity contribution in [3.05, 3.63) is 84.5 Å². The predicted octanol–water partition coefficient (Wildman–Crippen LogP) is 5.18. The number of fused-ring (bicyclic) bond motifs is 3. The van der Waals surface area contributed by atoms with Crippen LogP contribution in [0.5, 0.6) is 0 Å². The van der Waals surface area contributed by atoms with Crippen molar-refractivity contribution in [2.45, 2.75) is 44.1 Å². The Morgan fingerprint density at radius 3 is 2.45 bits per heavy atom. The molecule has 0 aromatic heterocycles.